The minimum Gasteiger partial charge on any atom is -0.342 e. The molecule has 0 spiro atoms. The zero-order valence-electron chi connectivity index (χ0n) is 14.5. The Balaban J connectivity index is 1.52. The SMILES string of the molecule is C=CCCC[C@H]1CO[C@H](C#Cc2cnc(-c3ccc(Cl)cc3)nc2)OC1. The molecule has 1 fully saturated rings. The average molecular weight is 369 g/mol. The van der Waals surface area contributed by atoms with E-state index in [0.29, 0.717) is 30.0 Å². The molecule has 0 unspecified atom stereocenters. The molecule has 0 bridgehead atoms. The molecule has 3 rings (SSSR count). The molecule has 1 aliphatic heterocycles. The fourth-order valence-corrected chi connectivity index (χ4v) is 2.75. The highest BCUT2D eigenvalue weighted by Gasteiger charge is 2.20. The van der Waals surface area contributed by atoms with E-state index in [1.165, 1.54) is 0 Å². The van der Waals surface area contributed by atoms with Crippen LogP contribution in [0, 0.1) is 17.8 Å². The molecule has 2 aromatic rings. The molecule has 0 saturated carbocycles. The van der Waals surface area contributed by atoms with Gasteiger partial charge in [-0.25, -0.2) is 9.97 Å². The number of rotatable bonds is 5. The summed E-state index contributed by atoms with van der Waals surface area (Å²) in [5.74, 6) is 7.07. The molecule has 2 heterocycles. The molecule has 134 valence electrons. The number of nitrogens with zero attached hydrogens (tertiary/aromatic N) is 2. The van der Waals surface area contributed by atoms with Crippen LogP contribution in [-0.2, 0) is 9.47 Å². The molecule has 0 atom stereocenters. The minimum absolute atomic E-state index is 0.440. The lowest BCUT2D eigenvalue weighted by Crippen LogP contribution is -2.31. The molecule has 26 heavy (non-hydrogen) atoms. The van der Waals surface area contributed by atoms with E-state index in [9.17, 15) is 0 Å². The summed E-state index contributed by atoms with van der Waals surface area (Å²) in [5.41, 5.74) is 1.64. The molecule has 4 nitrogen and oxygen atoms in total. The van der Waals surface area contributed by atoms with Crippen LogP contribution in [-0.4, -0.2) is 29.5 Å². The smallest absolute Gasteiger partial charge is 0.222 e. The van der Waals surface area contributed by atoms with Crippen molar-refractivity contribution < 1.29 is 9.47 Å². The molecule has 1 aromatic heterocycles. The highest BCUT2D eigenvalue weighted by Crippen LogP contribution is 2.18. The van der Waals surface area contributed by atoms with Crippen molar-refractivity contribution in [3.63, 3.8) is 0 Å². The van der Waals surface area contributed by atoms with Crippen LogP contribution in [0.1, 0.15) is 24.8 Å². The molecule has 1 aliphatic rings. The lowest BCUT2D eigenvalue weighted by atomic mass is 10.0. The lowest BCUT2D eigenvalue weighted by molar-refractivity contribution is -0.170. The summed E-state index contributed by atoms with van der Waals surface area (Å²) in [6.45, 7) is 5.10. The van der Waals surface area contributed by atoms with Crippen LogP contribution in [0.25, 0.3) is 11.4 Å². The lowest BCUT2D eigenvalue weighted by Gasteiger charge is -2.26. The number of benzene rings is 1. The first-order valence-electron chi connectivity index (χ1n) is 8.68. The van der Waals surface area contributed by atoms with Crippen LogP contribution in [0.2, 0.25) is 5.02 Å². The Bertz CT molecular complexity index is 770. The van der Waals surface area contributed by atoms with Crippen molar-refractivity contribution in [1.29, 1.82) is 0 Å². The average Bonchev–Trinajstić information content (AvgIpc) is 2.69. The van der Waals surface area contributed by atoms with Crippen molar-refractivity contribution in [3.05, 3.63) is 59.9 Å². The number of hydrogen-bond donors (Lipinski definition) is 0. The first-order chi connectivity index (χ1) is 12.7. The third kappa shape index (κ3) is 5.40. The zero-order valence-corrected chi connectivity index (χ0v) is 15.3. The molecule has 1 saturated heterocycles. The van der Waals surface area contributed by atoms with E-state index < -0.39 is 6.29 Å². The van der Waals surface area contributed by atoms with Gasteiger partial charge < -0.3 is 9.47 Å². The Labute approximate surface area is 159 Å². The van der Waals surface area contributed by atoms with Gasteiger partial charge in [0.05, 0.1) is 18.8 Å². The third-order valence-electron chi connectivity index (χ3n) is 4.08. The minimum atomic E-state index is -0.485. The quantitative estimate of drug-likeness (QED) is 0.443. The highest BCUT2D eigenvalue weighted by atomic mass is 35.5. The van der Waals surface area contributed by atoms with Gasteiger partial charge in [0, 0.05) is 28.9 Å². The van der Waals surface area contributed by atoms with Crippen molar-refractivity contribution >= 4 is 11.6 Å². The Kier molecular flexibility index (Phi) is 6.79. The maximum absolute atomic E-state index is 5.89. The summed E-state index contributed by atoms with van der Waals surface area (Å²) in [4.78, 5) is 8.70. The van der Waals surface area contributed by atoms with Crippen molar-refractivity contribution in [2.24, 2.45) is 5.92 Å². The van der Waals surface area contributed by atoms with Gasteiger partial charge in [0.15, 0.2) is 5.82 Å². The Morgan fingerprint density at radius 2 is 1.85 bits per heavy atom. The second-order valence-corrected chi connectivity index (χ2v) is 6.59. The van der Waals surface area contributed by atoms with E-state index in [1.807, 2.05) is 30.3 Å². The second-order valence-electron chi connectivity index (χ2n) is 6.16. The summed E-state index contributed by atoms with van der Waals surface area (Å²) in [6.07, 6.45) is 8.10. The summed E-state index contributed by atoms with van der Waals surface area (Å²) in [7, 11) is 0. The molecule has 1 aromatic carbocycles. The van der Waals surface area contributed by atoms with Gasteiger partial charge in [0.1, 0.15) is 0 Å². The maximum atomic E-state index is 5.89. The van der Waals surface area contributed by atoms with E-state index in [0.717, 1.165) is 30.4 Å². The van der Waals surface area contributed by atoms with E-state index in [2.05, 4.69) is 28.4 Å². The fourth-order valence-electron chi connectivity index (χ4n) is 2.63. The van der Waals surface area contributed by atoms with Crippen molar-refractivity contribution in [2.45, 2.75) is 25.6 Å². The van der Waals surface area contributed by atoms with Crippen molar-refractivity contribution in [1.82, 2.24) is 9.97 Å². The first-order valence-corrected chi connectivity index (χ1v) is 9.06. The van der Waals surface area contributed by atoms with Crippen LogP contribution in [0.5, 0.6) is 0 Å². The second kappa shape index (κ2) is 9.49. The largest absolute Gasteiger partial charge is 0.342 e. The molecule has 5 heteroatoms. The van der Waals surface area contributed by atoms with Gasteiger partial charge in [-0.2, -0.15) is 0 Å². The fraction of sp³-hybridized carbons (Fsp3) is 0.333. The van der Waals surface area contributed by atoms with E-state index >= 15 is 0 Å². The number of hydrogen-bond acceptors (Lipinski definition) is 4. The first kappa shape index (κ1) is 18.6. The van der Waals surface area contributed by atoms with Crippen LogP contribution >= 0.6 is 11.6 Å². The zero-order chi connectivity index (χ0) is 18.2. The highest BCUT2D eigenvalue weighted by molar-refractivity contribution is 6.30. The summed E-state index contributed by atoms with van der Waals surface area (Å²) in [6, 6.07) is 7.41. The number of ether oxygens (including phenoxy) is 2. The monoisotopic (exact) mass is 368 g/mol. The number of halogens is 1. The topological polar surface area (TPSA) is 44.2 Å². The molecular formula is C21H21ClN2O2. The third-order valence-corrected chi connectivity index (χ3v) is 4.33. The van der Waals surface area contributed by atoms with Gasteiger partial charge in [-0.15, -0.1) is 6.58 Å². The van der Waals surface area contributed by atoms with Gasteiger partial charge in [-0.3, -0.25) is 0 Å². The maximum Gasteiger partial charge on any atom is 0.222 e. The summed E-state index contributed by atoms with van der Waals surface area (Å²) < 4.78 is 11.3. The summed E-state index contributed by atoms with van der Waals surface area (Å²) >= 11 is 5.89. The predicted octanol–water partition coefficient (Wildman–Crippen LogP) is 4.49. The number of unbranched alkanes of at least 4 members (excludes halogenated alkanes) is 1. The molecule has 0 radical (unpaired) electrons. The van der Waals surface area contributed by atoms with E-state index in [-0.39, 0.29) is 0 Å². The van der Waals surface area contributed by atoms with Crippen LogP contribution in [0.15, 0.2) is 49.3 Å². The summed E-state index contributed by atoms with van der Waals surface area (Å²) in [5, 5.41) is 0.687. The molecular weight excluding hydrogens is 348 g/mol. The molecule has 0 aliphatic carbocycles. The Morgan fingerprint density at radius 1 is 1.15 bits per heavy atom. The van der Waals surface area contributed by atoms with Crippen LogP contribution in [0.3, 0.4) is 0 Å². The van der Waals surface area contributed by atoms with Crippen LogP contribution in [0.4, 0.5) is 0 Å². The van der Waals surface area contributed by atoms with E-state index in [1.54, 1.807) is 12.4 Å². The number of allylic oxidation sites excluding steroid dienone is 1. The Hall–Kier alpha value is -2.19. The molecule has 0 amide bonds. The standard InChI is InChI=1S/C21H21ClN2O2/c1-2-3-4-5-17-14-25-20(26-15-17)11-6-16-12-23-21(24-13-16)18-7-9-19(22)10-8-18/h2,7-10,12-13,17,20H,1,3-5,14-15H2/t17-,20-. The van der Waals surface area contributed by atoms with E-state index in [4.69, 9.17) is 21.1 Å². The van der Waals surface area contributed by atoms with Gasteiger partial charge in [0.2, 0.25) is 6.29 Å². The van der Waals surface area contributed by atoms with Gasteiger partial charge in [-0.05, 0) is 49.4 Å². The van der Waals surface area contributed by atoms with Crippen molar-refractivity contribution in [3.8, 4) is 23.2 Å². The van der Waals surface area contributed by atoms with Gasteiger partial charge >= 0.3 is 0 Å². The predicted molar refractivity (Wildman–Crippen MR) is 103 cm³/mol. The van der Waals surface area contributed by atoms with Crippen molar-refractivity contribution in [2.75, 3.05) is 13.2 Å². The normalized spacial score (nSPS) is 19.4. The van der Waals surface area contributed by atoms with Gasteiger partial charge in [-0.1, -0.05) is 23.6 Å². The van der Waals surface area contributed by atoms with Crippen LogP contribution < -0.4 is 0 Å². The Morgan fingerprint density at radius 3 is 2.50 bits per heavy atom. The molecule has 0 N–H and O–H groups in total. The number of aromatic nitrogens is 2. The van der Waals surface area contributed by atoms with Gasteiger partial charge in [0.25, 0.3) is 0 Å².